The lowest BCUT2D eigenvalue weighted by molar-refractivity contribution is 0.233. The van der Waals surface area contributed by atoms with E-state index < -0.39 is 0 Å². The highest BCUT2D eigenvalue weighted by atomic mass is 35.5. The Morgan fingerprint density at radius 2 is 2.05 bits per heavy atom. The van der Waals surface area contributed by atoms with Crippen LogP contribution >= 0.6 is 11.6 Å². The van der Waals surface area contributed by atoms with Crippen LogP contribution in [-0.4, -0.2) is 17.1 Å². The number of halogens is 1. The van der Waals surface area contributed by atoms with Crippen LogP contribution in [0.5, 0.6) is 5.88 Å². The fourth-order valence-corrected chi connectivity index (χ4v) is 1.99. The smallest absolute Gasteiger partial charge is 0.319 e. The number of hydrogen-bond acceptors (Lipinski definition) is 3. The van der Waals surface area contributed by atoms with Crippen molar-refractivity contribution in [2.45, 2.75) is 26.5 Å². The van der Waals surface area contributed by atoms with Gasteiger partial charge in [0.2, 0.25) is 5.88 Å². The van der Waals surface area contributed by atoms with Crippen LogP contribution in [0.15, 0.2) is 42.6 Å². The third-order valence-electron chi connectivity index (χ3n) is 2.76. The molecule has 0 radical (unpaired) electrons. The monoisotopic (exact) mass is 319 g/mol. The van der Waals surface area contributed by atoms with E-state index in [9.17, 15) is 4.79 Å². The zero-order chi connectivity index (χ0) is 15.9. The Balaban J connectivity index is 1.96. The molecule has 1 aromatic carbocycles. The molecule has 2 N–H and O–H groups in total. The normalized spacial score (nSPS) is 10.4. The number of hydrogen-bond donors (Lipinski definition) is 2. The van der Waals surface area contributed by atoms with Gasteiger partial charge in [0.1, 0.15) is 5.69 Å². The quantitative estimate of drug-likeness (QED) is 0.880. The molecule has 0 saturated heterocycles. The number of rotatable bonds is 5. The van der Waals surface area contributed by atoms with Crippen LogP contribution in [-0.2, 0) is 6.54 Å². The number of aromatic nitrogens is 1. The van der Waals surface area contributed by atoms with Crippen LogP contribution in [0, 0.1) is 0 Å². The van der Waals surface area contributed by atoms with Crippen molar-refractivity contribution in [3.05, 3.63) is 53.2 Å². The maximum Gasteiger partial charge on any atom is 0.319 e. The number of urea groups is 1. The van der Waals surface area contributed by atoms with Crippen LogP contribution in [0.4, 0.5) is 10.5 Å². The Hall–Kier alpha value is -2.27. The second kappa shape index (κ2) is 7.66. The van der Waals surface area contributed by atoms with E-state index in [1.807, 2.05) is 32.0 Å². The fraction of sp³-hybridized carbons (Fsp3) is 0.250. The summed E-state index contributed by atoms with van der Waals surface area (Å²) in [6.45, 7) is 4.14. The Morgan fingerprint density at radius 1 is 1.27 bits per heavy atom. The molecule has 0 aliphatic rings. The van der Waals surface area contributed by atoms with Gasteiger partial charge in [-0.15, -0.1) is 0 Å². The van der Waals surface area contributed by atoms with Gasteiger partial charge in [0, 0.05) is 17.8 Å². The number of carbonyl (C=O) groups is 1. The van der Waals surface area contributed by atoms with Gasteiger partial charge >= 0.3 is 6.03 Å². The molecule has 2 amide bonds. The first kappa shape index (κ1) is 16.1. The third-order valence-corrected chi connectivity index (χ3v) is 3.13. The molecule has 2 rings (SSSR count). The van der Waals surface area contributed by atoms with Gasteiger partial charge in [0.05, 0.1) is 6.10 Å². The topological polar surface area (TPSA) is 63.2 Å². The van der Waals surface area contributed by atoms with Crippen LogP contribution < -0.4 is 15.4 Å². The van der Waals surface area contributed by atoms with E-state index in [1.165, 1.54) is 0 Å². The average molecular weight is 320 g/mol. The van der Waals surface area contributed by atoms with E-state index in [1.54, 1.807) is 24.4 Å². The minimum atomic E-state index is -0.346. The molecule has 0 aliphatic carbocycles. The van der Waals surface area contributed by atoms with E-state index >= 15 is 0 Å². The molecule has 0 fully saturated rings. The van der Waals surface area contributed by atoms with E-state index in [-0.39, 0.29) is 12.1 Å². The van der Waals surface area contributed by atoms with Gasteiger partial charge in [-0.1, -0.05) is 29.8 Å². The van der Waals surface area contributed by atoms with Crippen molar-refractivity contribution in [1.29, 1.82) is 0 Å². The second-order valence-corrected chi connectivity index (χ2v) is 5.33. The van der Waals surface area contributed by atoms with Crippen molar-refractivity contribution in [2.75, 3.05) is 5.32 Å². The summed E-state index contributed by atoms with van der Waals surface area (Å²) < 4.78 is 5.55. The molecule has 0 aliphatic heterocycles. The first-order chi connectivity index (χ1) is 10.6. The lowest BCUT2D eigenvalue weighted by atomic mass is 10.2. The number of nitrogens with zero attached hydrogens (tertiary/aromatic N) is 1. The Morgan fingerprint density at radius 3 is 2.77 bits per heavy atom. The van der Waals surface area contributed by atoms with E-state index in [0.29, 0.717) is 23.1 Å². The van der Waals surface area contributed by atoms with Crippen LogP contribution in [0.1, 0.15) is 19.4 Å². The van der Waals surface area contributed by atoms with Crippen LogP contribution in [0.2, 0.25) is 5.02 Å². The molecular weight excluding hydrogens is 302 g/mol. The van der Waals surface area contributed by atoms with E-state index in [0.717, 1.165) is 5.56 Å². The van der Waals surface area contributed by atoms with Crippen molar-refractivity contribution in [3.63, 3.8) is 0 Å². The average Bonchev–Trinajstić information content (AvgIpc) is 2.48. The third kappa shape index (κ3) is 4.63. The standard InChI is InChI=1S/C16H18ClN3O2/c1-11(2)22-15-14(8-5-9-18-15)20-16(21)19-10-12-6-3-4-7-13(12)17/h3-9,11H,10H2,1-2H3,(H2,19,20,21). The van der Waals surface area contributed by atoms with Crippen LogP contribution in [0.3, 0.4) is 0 Å². The molecule has 2 aromatic rings. The number of ether oxygens (including phenoxy) is 1. The molecule has 0 saturated carbocycles. The predicted molar refractivity (Wildman–Crippen MR) is 87.3 cm³/mol. The van der Waals surface area contributed by atoms with E-state index in [2.05, 4.69) is 15.6 Å². The fourth-order valence-electron chi connectivity index (χ4n) is 1.79. The van der Waals surface area contributed by atoms with Crippen LogP contribution in [0.25, 0.3) is 0 Å². The lowest BCUT2D eigenvalue weighted by Crippen LogP contribution is -2.28. The van der Waals surface area contributed by atoms with Gasteiger partial charge in [-0.2, -0.15) is 0 Å². The molecule has 0 bridgehead atoms. The molecule has 22 heavy (non-hydrogen) atoms. The molecule has 116 valence electrons. The first-order valence-electron chi connectivity index (χ1n) is 6.96. The predicted octanol–water partition coefficient (Wildman–Crippen LogP) is 3.84. The van der Waals surface area contributed by atoms with E-state index in [4.69, 9.17) is 16.3 Å². The highest BCUT2D eigenvalue weighted by Gasteiger charge is 2.10. The Labute approximate surface area is 134 Å². The summed E-state index contributed by atoms with van der Waals surface area (Å²) in [5.74, 6) is 0.394. The molecular formula is C16H18ClN3O2. The number of benzene rings is 1. The number of nitrogens with one attached hydrogen (secondary N) is 2. The van der Waals surface area contributed by atoms with Crippen molar-refractivity contribution in [3.8, 4) is 5.88 Å². The lowest BCUT2D eigenvalue weighted by Gasteiger charge is -2.14. The summed E-state index contributed by atoms with van der Waals surface area (Å²) in [7, 11) is 0. The highest BCUT2D eigenvalue weighted by Crippen LogP contribution is 2.21. The highest BCUT2D eigenvalue weighted by molar-refractivity contribution is 6.31. The SMILES string of the molecule is CC(C)Oc1ncccc1NC(=O)NCc1ccccc1Cl. The molecule has 5 nitrogen and oxygen atoms in total. The number of amides is 2. The molecule has 0 unspecified atom stereocenters. The minimum Gasteiger partial charge on any atom is -0.473 e. The molecule has 1 heterocycles. The molecule has 6 heteroatoms. The molecule has 0 atom stereocenters. The van der Waals surface area contributed by atoms with Gasteiger partial charge < -0.3 is 15.4 Å². The molecule has 0 spiro atoms. The van der Waals surface area contributed by atoms with Gasteiger partial charge in [0.15, 0.2) is 0 Å². The zero-order valence-corrected chi connectivity index (χ0v) is 13.2. The van der Waals surface area contributed by atoms with Crippen molar-refractivity contribution in [1.82, 2.24) is 10.3 Å². The van der Waals surface area contributed by atoms with Crippen molar-refractivity contribution in [2.24, 2.45) is 0 Å². The second-order valence-electron chi connectivity index (χ2n) is 4.92. The van der Waals surface area contributed by atoms with Gasteiger partial charge in [-0.05, 0) is 37.6 Å². The Kier molecular flexibility index (Phi) is 5.61. The summed E-state index contributed by atoms with van der Waals surface area (Å²) in [4.78, 5) is 16.1. The zero-order valence-electron chi connectivity index (χ0n) is 12.5. The summed E-state index contributed by atoms with van der Waals surface area (Å²) in [5.41, 5.74) is 1.37. The maximum absolute atomic E-state index is 12.0. The van der Waals surface area contributed by atoms with Gasteiger partial charge in [-0.3, -0.25) is 0 Å². The summed E-state index contributed by atoms with van der Waals surface area (Å²) in [6, 6.07) is 10.5. The number of carbonyl (C=O) groups excluding carboxylic acids is 1. The van der Waals surface area contributed by atoms with Crippen molar-refractivity contribution < 1.29 is 9.53 Å². The summed E-state index contributed by atoms with van der Waals surface area (Å²) >= 11 is 6.05. The number of anilines is 1. The minimum absolute atomic E-state index is 0.0263. The summed E-state index contributed by atoms with van der Waals surface area (Å²) in [5, 5.41) is 6.09. The van der Waals surface area contributed by atoms with Gasteiger partial charge in [-0.25, -0.2) is 9.78 Å². The first-order valence-corrected chi connectivity index (χ1v) is 7.34. The maximum atomic E-state index is 12.0. The van der Waals surface area contributed by atoms with Crippen molar-refractivity contribution >= 4 is 23.3 Å². The summed E-state index contributed by atoms with van der Waals surface area (Å²) in [6.07, 6.45) is 1.59. The molecule has 1 aromatic heterocycles. The number of pyridine rings is 1. The largest absolute Gasteiger partial charge is 0.473 e. The van der Waals surface area contributed by atoms with Gasteiger partial charge in [0.25, 0.3) is 0 Å². The Bertz CT molecular complexity index is 647.